The fraction of sp³-hybridized carbons (Fsp3) is 0.222. The van der Waals surface area contributed by atoms with Crippen LogP contribution in [-0.4, -0.2) is 18.6 Å². The van der Waals surface area contributed by atoms with E-state index < -0.39 is 0 Å². The highest BCUT2D eigenvalue weighted by molar-refractivity contribution is 5.80. The molecule has 2 heteroatoms. The van der Waals surface area contributed by atoms with Crippen molar-refractivity contribution in [1.29, 1.82) is 0 Å². The Morgan fingerprint density at radius 1 is 1.00 bits per heavy atom. The molecule has 0 amide bonds. The van der Waals surface area contributed by atoms with Crippen molar-refractivity contribution < 1.29 is 0 Å². The monoisotopic (exact) mass is 264 g/mol. The molecule has 1 atom stereocenters. The van der Waals surface area contributed by atoms with Gasteiger partial charge in [0.15, 0.2) is 0 Å². The molecule has 1 heterocycles. The molecule has 0 saturated heterocycles. The SMILES string of the molecule is CNCCC(c1ccccc1)c1cc2ccccc2[nH]1. The second kappa shape index (κ2) is 5.93. The Balaban J connectivity index is 2.00. The van der Waals surface area contributed by atoms with Crippen LogP contribution in [0.4, 0.5) is 0 Å². The van der Waals surface area contributed by atoms with Crippen molar-refractivity contribution in [1.82, 2.24) is 10.3 Å². The second-order valence-electron chi connectivity index (χ2n) is 5.17. The van der Waals surface area contributed by atoms with Crippen LogP contribution in [0.5, 0.6) is 0 Å². The lowest BCUT2D eigenvalue weighted by Gasteiger charge is -2.16. The van der Waals surface area contributed by atoms with E-state index in [0.717, 1.165) is 13.0 Å². The summed E-state index contributed by atoms with van der Waals surface area (Å²) in [6, 6.07) is 21.5. The van der Waals surface area contributed by atoms with Crippen molar-refractivity contribution in [2.75, 3.05) is 13.6 Å². The zero-order valence-corrected chi connectivity index (χ0v) is 11.8. The number of rotatable bonds is 5. The molecule has 2 aromatic carbocycles. The number of para-hydroxylation sites is 1. The van der Waals surface area contributed by atoms with Crippen LogP contribution >= 0.6 is 0 Å². The van der Waals surface area contributed by atoms with Gasteiger partial charge >= 0.3 is 0 Å². The van der Waals surface area contributed by atoms with E-state index in [0.29, 0.717) is 5.92 Å². The van der Waals surface area contributed by atoms with Crippen molar-refractivity contribution in [2.45, 2.75) is 12.3 Å². The van der Waals surface area contributed by atoms with Crippen LogP contribution in [0.15, 0.2) is 60.7 Å². The Labute approximate surface area is 119 Å². The maximum Gasteiger partial charge on any atom is 0.0456 e. The Morgan fingerprint density at radius 2 is 1.75 bits per heavy atom. The lowest BCUT2D eigenvalue weighted by Crippen LogP contribution is -2.13. The van der Waals surface area contributed by atoms with Gasteiger partial charge in [-0.1, -0.05) is 48.5 Å². The van der Waals surface area contributed by atoms with Gasteiger partial charge < -0.3 is 10.3 Å². The van der Waals surface area contributed by atoms with Crippen LogP contribution in [0.1, 0.15) is 23.6 Å². The van der Waals surface area contributed by atoms with Crippen molar-refractivity contribution >= 4 is 10.9 Å². The topological polar surface area (TPSA) is 27.8 Å². The van der Waals surface area contributed by atoms with E-state index in [1.54, 1.807) is 0 Å². The molecule has 0 aliphatic rings. The number of nitrogens with one attached hydrogen (secondary N) is 2. The molecule has 0 saturated carbocycles. The van der Waals surface area contributed by atoms with Gasteiger partial charge in [-0.3, -0.25) is 0 Å². The standard InChI is InChI=1S/C18H20N2/c1-19-12-11-16(14-7-3-2-4-8-14)18-13-15-9-5-6-10-17(15)20-18/h2-10,13,16,19-20H,11-12H2,1H3. The van der Waals surface area contributed by atoms with Gasteiger partial charge in [0.25, 0.3) is 0 Å². The minimum Gasteiger partial charge on any atom is -0.358 e. The van der Waals surface area contributed by atoms with Gasteiger partial charge in [-0.25, -0.2) is 0 Å². The van der Waals surface area contributed by atoms with Crippen molar-refractivity contribution in [3.05, 3.63) is 71.9 Å². The van der Waals surface area contributed by atoms with E-state index in [-0.39, 0.29) is 0 Å². The van der Waals surface area contributed by atoms with Crippen LogP contribution in [0.3, 0.4) is 0 Å². The molecule has 0 radical (unpaired) electrons. The number of hydrogen-bond donors (Lipinski definition) is 2. The Morgan fingerprint density at radius 3 is 2.50 bits per heavy atom. The fourth-order valence-corrected chi connectivity index (χ4v) is 2.76. The largest absolute Gasteiger partial charge is 0.358 e. The third kappa shape index (κ3) is 2.61. The number of hydrogen-bond acceptors (Lipinski definition) is 1. The smallest absolute Gasteiger partial charge is 0.0456 e. The van der Waals surface area contributed by atoms with Crippen LogP contribution in [-0.2, 0) is 0 Å². The summed E-state index contributed by atoms with van der Waals surface area (Å²) in [5.74, 6) is 0.413. The number of aromatic nitrogens is 1. The highest BCUT2D eigenvalue weighted by Gasteiger charge is 2.15. The van der Waals surface area contributed by atoms with Gasteiger partial charge in [0.1, 0.15) is 0 Å². The van der Waals surface area contributed by atoms with Crippen LogP contribution in [0.25, 0.3) is 10.9 Å². The summed E-state index contributed by atoms with van der Waals surface area (Å²) in [6.07, 6.45) is 1.09. The molecule has 20 heavy (non-hydrogen) atoms. The first-order valence-electron chi connectivity index (χ1n) is 7.15. The second-order valence-corrected chi connectivity index (χ2v) is 5.17. The fourth-order valence-electron chi connectivity index (χ4n) is 2.76. The third-order valence-corrected chi connectivity index (χ3v) is 3.81. The summed E-state index contributed by atoms with van der Waals surface area (Å²) in [5, 5.41) is 4.54. The highest BCUT2D eigenvalue weighted by Crippen LogP contribution is 2.29. The molecule has 2 N–H and O–H groups in total. The van der Waals surface area contributed by atoms with Crippen LogP contribution in [0, 0.1) is 0 Å². The molecule has 3 rings (SSSR count). The van der Waals surface area contributed by atoms with Gasteiger partial charge in [0, 0.05) is 17.1 Å². The summed E-state index contributed by atoms with van der Waals surface area (Å²) in [6.45, 7) is 1.01. The molecule has 0 bridgehead atoms. The number of H-pyrrole nitrogens is 1. The van der Waals surface area contributed by atoms with E-state index in [2.05, 4.69) is 71.0 Å². The molecule has 0 spiro atoms. The molecule has 0 aliphatic carbocycles. The lowest BCUT2D eigenvalue weighted by atomic mass is 9.92. The first-order valence-corrected chi connectivity index (χ1v) is 7.15. The average Bonchev–Trinajstić information content (AvgIpc) is 2.92. The van der Waals surface area contributed by atoms with Gasteiger partial charge in [0.05, 0.1) is 0 Å². The molecule has 0 aliphatic heterocycles. The molecular weight excluding hydrogens is 244 g/mol. The molecule has 1 unspecified atom stereocenters. The maximum absolute atomic E-state index is 3.58. The van der Waals surface area contributed by atoms with Gasteiger partial charge in [0.2, 0.25) is 0 Å². The zero-order valence-electron chi connectivity index (χ0n) is 11.8. The van der Waals surface area contributed by atoms with Crippen LogP contribution in [0.2, 0.25) is 0 Å². The quantitative estimate of drug-likeness (QED) is 0.718. The summed E-state index contributed by atoms with van der Waals surface area (Å²) >= 11 is 0. The van der Waals surface area contributed by atoms with E-state index in [9.17, 15) is 0 Å². The molecule has 2 nitrogen and oxygen atoms in total. The lowest BCUT2D eigenvalue weighted by molar-refractivity contribution is 0.653. The number of aromatic amines is 1. The highest BCUT2D eigenvalue weighted by atomic mass is 14.8. The molecule has 102 valence electrons. The van der Waals surface area contributed by atoms with Gasteiger partial charge in [-0.05, 0) is 43.1 Å². The molecule has 1 aromatic heterocycles. The predicted octanol–water partition coefficient (Wildman–Crippen LogP) is 3.91. The summed E-state index contributed by atoms with van der Waals surface area (Å²) < 4.78 is 0. The average molecular weight is 264 g/mol. The summed E-state index contributed by atoms with van der Waals surface area (Å²) in [7, 11) is 2.01. The minimum atomic E-state index is 0.413. The Kier molecular flexibility index (Phi) is 3.84. The summed E-state index contributed by atoms with van der Waals surface area (Å²) in [4.78, 5) is 3.58. The van der Waals surface area contributed by atoms with E-state index in [4.69, 9.17) is 0 Å². The summed E-state index contributed by atoms with van der Waals surface area (Å²) in [5.41, 5.74) is 3.88. The molecule has 0 fully saturated rings. The number of fused-ring (bicyclic) bond motifs is 1. The Bertz CT molecular complexity index is 637. The first kappa shape index (κ1) is 12.9. The van der Waals surface area contributed by atoms with Gasteiger partial charge in [-0.2, -0.15) is 0 Å². The zero-order chi connectivity index (χ0) is 13.8. The van der Waals surface area contributed by atoms with E-state index >= 15 is 0 Å². The Hall–Kier alpha value is -2.06. The minimum absolute atomic E-state index is 0.413. The van der Waals surface area contributed by atoms with Crippen molar-refractivity contribution in [3.8, 4) is 0 Å². The van der Waals surface area contributed by atoms with Crippen molar-refractivity contribution in [2.24, 2.45) is 0 Å². The first-order chi connectivity index (χ1) is 9.88. The van der Waals surface area contributed by atoms with Crippen LogP contribution < -0.4 is 5.32 Å². The molecule has 3 aromatic rings. The third-order valence-electron chi connectivity index (χ3n) is 3.81. The van der Waals surface area contributed by atoms with E-state index in [1.165, 1.54) is 22.2 Å². The molecular formula is C18H20N2. The number of benzene rings is 2. The van der Waals surface area contributed by atoms with E-state index in [1.807, 2.05) is 7.05 Å². The van der Waals surface area contributed by atoms with Crippen molar-refractivity contribution in [3.63, 3.8) is 0 Å². The van der Waals surface area contributed by atoms with Gasteiger partial charge in [-0.15, -0.1) is 0 Å². The maximum atomic E-state index is 3.58. The predicted molar refractivity (Wildman–Crippen MR) is 85.1 cm³/mol. The normalized spacial score (nSPS) is 12.7.